The number of ether oxygens (including phenoxy) is 1. The Bertz CT molecular complexity index is 934. The Morgan fingerprint density at radius 2 is 2.04 bits per heavy atom. The van der Waals surface area contributed by atoms with Gasteiger partial charge in [0.25, 0.3) is 5.91 Å². The standard InChI is InChI=1S/C20H18ClFN2O4/c1-12(19(26)23-15-5-2-4-14(22)11-15)28-20(27)13-7-8-16(21)17(10-13)24-9-3-6-18(24)25/h2,4-5,7-8,10-12H,3,6,9H2,1H3,(H,23,26)/t12-/m0/s1. The molecule has 1 aliphatic rings. The van der Waals surface area contributed by atoms with E-state index < -0.39 is 23.8 Å². The maximum absolute atomic E-state index is 13.2. The van der Waals surface area contributed by atoms with Gasteiger partial charge in [0.1, 0.15) is 5.82 Å². The van der Waals surface area contributed by atoms with E-state index in [1.165, 1.54) is 48.2 Å². The Kier molecular flexibility index (Phi) is 5.94. The van der Waals surface area contributed by atoms with E-state index in [0.29, 0.717) is 23.7 Å². The zero-order valence-corrected chi connectivity index (χ0v) is 15.8. The molecule has 0 aliphatic carbocycles. The molecule has 1 heterocycles. The van der Waals surface area contributed by atoms with Crippen molar-refractivity contribution < 1.29 is 23.5 Å². The highest BCUT2D eigenvalue weighted by Crippen LogP contribution is 2.30. The molecule has 0 unspecified atom stereocenters. The van der Waals surface area contributed by atoms with Crippen molar-refractivity contribution in [2.45, 2.75) is 25.9 Å². The number of halogens is 2. The fourth-order valence-electron chi connectivity index (χ4n) is 2.84. The van der Waals surface area contributed by atoms with E-state index in [0.717, 1.165) is 12.5 Å². The summed E-state index contributed by atoms with van der Waals surface area (Å²) in [5.41, 5.74) is 0.870. The maximum atomic E-state index is 13.2. The molecule has 2 aromatic rings. The molecule has 0 radical (unpaired) electrons. The number of nitrogens with zero attached hydrogens (tertiary/aromatic N) is 1. The van der Waals surface area contributed by atoms with Crippen LogP contribution in [0.4, 0.5) is 15.8 Å². The first-order valence-electron chi connectivity index (χ1n) is 8.72. The number of hydrogen-bond acceptors (Lipinski definition) is 4. The molecule has 1 N–H and O–H groups in total. The van der Waals surface area contributed by atoms with Gasteiger partial charge in [0.05, 0.1) is 16.3 Å². The second kappa shape index (κ2) is 8.39. The minimum atomic E-state index is -1.11. The molecule has 2 aromatic carbocycles. The summed E-state index contributed by atoms with van der Waals surface area (Å²) in [7, 11) is 0. The van der Waals surface area contributed by atoms with Crippen LogP contribution in [0.3, 0.4) is 0 Å². The van der Waals surface area contributed by atoms with Crippen molar-refractivity contribution >= 4 is 40.8 Å². The lowest BCUT2D eigenvalue weighted by atomic mass is 10.2. The third-order valence-electron chi connectivity index (χ3n) is 4.29. The molecule has 1 atom stereocenters. The lowest BCUT2D eigenvalue weighted by molar-refractivity contribution is -0.123. The minimum absolute atomic E-state index is 0.0599. The average molecular weight is 405 g/mol. The summed E-state index contributed by atoms with van der Waals surface area (Å²) >= 11 is 6.16. The smallest absolute Gasteiger partial charge is 0.338 e. The fourth-order valence-corrected chi connectivity index (χ4v) is 3.06. The molecular formula is C20H18ClFN2O4. The topological polar surface area (TPSA) is 75.7 Å². The quantitative estimate of drug-likeness (QED) is 0.769. The number of rotatable bonds is 5. The van der Waals surface area contributed by atoms with Crippen molar-refractivity contribution in [1.29, 1.82) is 0 Å². The number of nitrogens with one attached hydrogen (secondary N) is 1. The number of anilines is 2. The van der Waals surface area contributed by atoms with E-state index in [2.05, 4.69) is 5.32 Å². The molecule has 1 saturated heterocycles. The predicted octanol–water partition coefficient (Wildman–Crippen LogP) is 3.79. The van der Waals surface area contributed by atoms with Crippen molar-refractivity contribution in [2.75, 3.05) is 16.8 Å². The Morgan fingerprint density at radius 3 is 2.71 bits per heavy atom. The van der Waals surface area contributed by atoms with Gasteiger partial charge in [-0.3, -0.25) is 9.59 Å². The van der Waals surface area contributed by atoms with Crippen LogP contribution in [0.15, 0.2) is 42.5 Å². The highest BCUT2D eigenvalue weighted by Gasteiger charge is 2.25. The first-order chi connectivity index (χ1) is 13.3. The molecule has 146 valence electrons. The largest absolute Gasteiger partial charge is 0.449 e. The molecule has 8 heteroatoms. The summed E-state index contributed by atoms with van der Waals surface area (Å²) in [5.74, 6) is -1.88. The highest BCUT2D eigenvalue weighted by molar-refractivity contribution is 6.34. The monoisotopic (exact) mass is 404 g/mol. The SMILES string of the molecule is C[C@H](OC(=O)c1ccc(Cl)c(N2CCCC2=O)c1)C(=O)Nc1cccc(F)c1. The van der Waals surface area contributed by atoms with Gasteiger partial charge < -0.3 is 15.0 Å². The zero-order valence-electron chi connectivity index (χ0n) is 15.1. The van der Waals surface area contributed by atoms with Crippen LogP contribution in [-0.2, 0) is 14.3 Å². The van der Waals surface area contributed by atoms with Crippen LogP contribution in [0, 0.1) is 5.82 Å². The molecule has 6 nitrogen and oxygen atoms in total. The summed E-state index contributed by atoms with van der Waals surface area (Å²) in [4.78, 5) is 38.1. The molecule has 3 rings (SSSR count). The summed E-state index contributed by atoms with van der Waals surface area (Å²) in [6.07, 6.45) is 0.0481. The van der Waals surface area contributed by atoms with E-state index in [1.807, 2.05) is 0 Å². The van der Waals surface area contributed by atoms with Gasteiger partial charge in [-0.1, -0.05) is 17.7 Å². The number of esters is 1. The average Bonchev–Trinajstić information content (AvgIpc) is 3.07. The Balaban J connectivity index is 1.68. The number of benzene rings is 2. The number of carbonyl (C=O) groups excluding carboxylic acids is 3. The zero-order chi connectivity index (χ0) is 20.3. The first-order valence-corrected chi connectivity index (χ1v) is 9.10. The van der Waals surface area contributed by atoms with Crippen molar-refractivity contribution in [2.24, 2.45) is 0 Å². The second-order valence-electron chi connectivity index (χ2n) is 6.36. The molecular weight excluding hydrogens is 387 g/mol. The van der Waals surface area contributed by atoms with Crippen LogP contribution >= 0.6 is 11.6 Å². The summed E-state index contributed by atoms with van der Waals surface area (Å²) < 4.78 is 18.4. The molecule has 28 heavy (non-hydrogen) atoms. The van der Waals surface area contributed by atoms with Gasteiger partial charge in [0.15, 0.2) is 6.10 Å². The third kappa shape index (κ3) is 4.48. The van der Waals surface area contributed by atoms with Crippen LogP contribution in [0.5, 0.6) is 0 Å². The van der Waals surface area contributed by atoms with Crippen LogP contribution in [0.1, 0.15) is 30.1 Å². The van der Waals surface area contributed by atoms with Gasteiger partial charge in [-0.2, -0.15) is 0 Å². The van der Waals surface area contributed by atoms with Gasteiger partial charge in [-0.25, -0.2) is 9.18 Å². The van der Waals surface area contributed by atoms with Crippen molar-refractivity contribution in [3.8, 4) is 0 Å². The lowest BCUT2D eigenvalue weighted by Crippen LogP contribution is -2.30. The van der Waals surface area contributed by atoms with Gasteiger partial charge in [-0.15, -0.1) is 0 Å². The van der Waals surface area contributed by atoms with Crippen LogP contribution in [0.2, 0.25) is 5.02 Å². The van der Waals surface area contributed by atoms with Gasteiger partial charge in [0, 0.05) is 18.7 Å². The summed E-state index contributed by atoms with van der Waals surface area (Å²) in [6, 6.07) is 9.84. The number of hydrogen-bond donors (Lipinski definition) is 1. The Labute approximate surface area is 166 Å². The van der Waals surface area contributed by atoms with Crippen LogP contribution in [0.25, 0.3) is 0 Å². The van der Waals surface area contributed by atoms with E-state index in [4.69, 9.17) is 16.3 Å². The van der Waals surface area contributed by atoms with E-state index in [9.17, 15) is 18.8 Å². The molecule has 0 spiro atoms. The first kappa shape index (κ1) is 19.8. The lowest BCUT2D eigenvalue weighted by Gasteiger charge is -2.18. The molecule has 1 aliphatic heterocycles. The second-order valence-corrected chi connectivity index (χ2v) is 6.77. The molecule has 2 amide bonds. The number of carbonyl (C=O) groups is 3. The fraction of sp³-hybridized carbons (Fsp3) is 0.250. The Morgan fingerprint density at radius 1 is 1.25 bits per heavy atom. The number of amides is 2. The van der Waals surface area contributed by atoms with Crippen molar-refractivity contribution in [3.05, 3.63) is 58.9 Å². The molecule has 0 bridgehead atoms. The highest BCUT2D eigenvalue weighted by atomic mass is 35.5. The Hall–Kier alpha value is -2.93. The molecule has 0 saturated carbocycles. The van der Waals surface area contributed by atoms with E-state index in [-0.39, 0.29) is 17.2 Å². The van der Waals surface area contributed by atoms with Crippen LogP contribution in [-0.4, -0.2) is 30.4 Å². The van der Waals surface area contributed by atoms with E-state index >= 15 is 0 Å². The molecule has 0 aromatic heterocycles. The normalized spacial score (nSPS) is 14.7. The maximum Gasteiger partial charge on any atom is 0.338 e. The minimum Gasteiger partial charge on any atom is -0.449 e. The summed E-state index contributed by atoms with van der Waals surface area (Å²) in [6.45, 7) is 1.94. The van der Waals surface area contributed by atoms with Gasteiger partial charge >= 0.3 is 5.97 Å². The predicted molar refractivity (Wildman–Crippen MR) is 103 cm³/mol. The van der Waals surface area contributed by atoms with Crippen molar-refractivity contribution in [1.82, 2.24) is 0 Å². The molecule has 1 fully saturated rings. The van der Waals surface area contributed by atoms with E-state index in [1.54, 1.807) is 0 Å². The van der Waals surface area contributed by atoms with Crippen LogP contribution < -0.4 is 10.2 Å². The third-order valence-corrected chi connectivity index (χ3v) is 4.61. The van der Waals surface area contributed by atoms with Gasteiger partial charge in [-0.05, 0) is 49.7 Å². The van der Waals surface area contributed by atoms with Gasteiger partial charge in [0.2, 0.25) is 5.91 Å². The summed E-state index contributed by atoms with van der Waals surface area (Å²) in [5, 5.41) is 2.83. The van der Waals surface area contributed by atoms with Crippen molar-refractivity contribution in [3.63, 3.8) is 0 Å².